The van der Waals surface area contributed by atoms with Crippen molar-refractivity contribution in [3.05, 3.63) is 44.7 Å². The van der Waals surface area contributed by atoms with Gasteiger partial charge in [-0.3, -0.25) is 4.79 Å². The Balaban J connectivity index is 2.27. The van der Waals surface area contributed by atoms with Gasteiger partial charge in [-0.2, -0.15) is 0 Å². The van der Waals surface area contributed by atoms with Gasteiger partial charge < -0.3 is 19.5 Å². The monoisotopic (exact) mass is 463 g/mol. The molecule has 3 rings (SSSR count). The van der Waals surface area contributed by atoms with Crippen LogP contribution >= 0.6 is 15.9 Å². The minimum atomic E-state index is -0.543. The van der Waals surface area contributed by atoms with Crippen molar-refractivity contribution in [1.29, 1.82) is 0 Å². The Bertz CT molecular complexity index is 945. The molecule has 1 aliphatic heterocycles. The van der Waals surface area contributed by atoms with Gasteiger partial charge in [-0.1, -0.05) is 13.8 Å². The molecule has 2 aliphatic rings. The predicted molar refractivity (Wildman–Crippen MR) is 113 cm³/mol. The SMILES string of the molecule is COC(=O)C1=C(C)NC2=C(C(=O)CC(C)(C)C2)[C@H]1c1cc(Br)c(OC)c(OC)c1. The predicted octanol–water partition coefficient (Wildman–Crippen LogP) is 4.24. The molecule has 0 fully saturated rings. The summed E-state index contributed by atoms with van der Waals surface area (Å²) in [6.45, 7) is 5.99. The quantitative estimate of drug-likeness (QED) is 0.672. The summed E-state index contributed by atoms with van der Waals surface area (Å²) in [5.74, 6) is 0.0980. The largest absolute Gasteiger partial charge is 0.493 e. The van der Waals surface area contributed by atoms with Crippen LogP contribution in [0.3, 0.4) is 0 Å². The molecule has 1 aliphatic carbocycles. The number of carbonyl (C=O) groups is 2. The van der Waals surface area contributed by atoms with Gasteiger partial charge in [-0.15, -0.1) is 0 Å². The molecule has 0 saturated heterocycles. The van der Waals surface area contributed by atoms with E-state index in [2.05, 4.69) is 35.1 Å². The smallest absolute Gasteiger partial charge is 0.336 e. The number of dihydropyridines is 1. The molecular weight excluding hydrogens is 438 g/mol. The zero-order valence-corrected chi connectivity index (χ0v) is 19.2. The van der Waals surface area contributed by atoms with E-state index in [0.717, 1.165) is 17.7 Å². The van der Waals surface area contributed by atoms with Gasteiger partial charge in [-0.25, -0.2) is 4.79 Å². The molecule has 1 heterocycles. The third kappa shape index (κ3) is 3.80. The number of esters is 1. The van der Waals surface area contributed by atoms with Crippen LogP contribution in [0.15, 0.2) is 39.1 Å². The molecule has 7 heteroatoms. The summed E-state index contributed by atoms with van der Waals surface area (Å²) in [6, 6.07) is 3.68. The molecule has 156 valence electrons. The molecule has 6 nitrogen and oxygen atoms in total. The maximum absolute atomic E-state index is 13.2. The van der Waals surface area contributed by atoms with Crippen LogP contribution in [0.2, 0.25) is 0 Å². The zero-order chi connectivity index (χ0) is 21.5. The van der Waals surface area contributed by atoms with E-state index in [1.54, 1.807) is 14.2 Å². The first-order valence-corrected chi connectivity index (χ1v) is 10.2. The van der Waals surface area contributed by atoms with Crippen LogP contribution in [0, 0.1) is 5.41 Å². The Morgan fingerprint density at radius 3 is 2.45 bits per heavy atom. The van der Waals surface area contributed by atoms with Gasteiger partial charge in [0.05, 0.1) is 31.4 Å². The summed E-state index contributed by atoms with van der Waals surface area (Å²) in [5, 5.41) is 3.31. The summed E-state index contributed by atoms with van der Waals surface area (Å²) in [4.78, 5) is 25.9. The number of hydrogen-bond acceptors (Lipinski definition) is 6. The first-order valence-electron chi connectivity index (χ1n) is 9.37. The molecule has 29 heavy (non-hydrogen) atoms. The Morgan fingerprint density at radius 1 is 1.17 bits per heavy atom. The van der Waals surface area contributed by atoms with E-state index in [1.807, 2.05) is 19.1 Å². The fraction of sp³-hybridized carbons (Fsp3) is 0.455. The minimum absolute atomic E-state index is 0.0357. The maximum atomic E-state index is 13.2. The van der Waals surface area contributed by atoms with Crippen molar-refractivity contribution >= 4 is 27.7 Å². The molecule has 1 aromatic carbocycles. The van der Waals surface area contributed by atoms with E-state index in [-0.39, 0.29) is 11.2 Å². The van der Waals surface area contributed by atoms with Gasteiger partial charge >= 0.3 is 5.97 Å². The Morgan fingerprint density at radius 2 is 1.86 bits per heavy atom. The number of halogens is 1. The number of Topliss-reactive ketones (excluding diaryl/α,β-unsaturated/α-hetero) is 1. The number of rotatable bonds is 4. The van der Waals surface area contributed by atoms with Crippen molar-refractivity contribution in [1.82, 2.24) is 5.32 Å². The summed E-state index contributed by atoms with van der Waals surface area (Å²) in [7, 11) is 4.46. The Labute approximate surface area is 179 Å². The number of carbonyl (C=O) groups excluding carboxylic acids is 2. The Hall–Kier alpha value is -2.28. The van der Waals surface area contributed by atoms with Crippen LogP contribution in [0.5, 0.6) is 11.5 Å². The molecule has 0 aromatic heterocycles. The van der Waals surface area contributed by atoms with Crippen molar-refractivity contribution in [2.45, 2.75) is 39.5 Å². The highest BCUT2D eigenvalue weighted by Crippen LogP contribution is 2.49. The number of nitrogens with one attached hydrogen (secondary N) is 1. The second-order valence-corrected chi connectivity index (χ2v) is 9.01. The standard InChI is InChI=1S/C22H26BrNO5/c1-11-17(21(26)29-6)18(12-7-13(23)20(28-5)16(8-12)27-4)19-14(24-11)9-22(2,3)10-15(19)25/h7-8,18,24H,9-10H2,1-6H3/t18-/m0/s1. The lowest BCUT2D eigenvalue weighted by atomic mass is 9.68. The average molecular weight is 464 g/mol. The van der Waals surface area contributed by atoms with Crippen molar-refractivity contribution < 1.29 is 23.8 Å². The topological polar surface area (TPSA) is 73.9 Å². The van der Waals surface area contributed by atoms with E-state index in [1.165, 1.54) is 7.11 Å². The van der Waals surface area contributed by atoms with Gasteiger partial charge in [0.2, 0.25) is 0 Å². The molecule has 0 saturated carbocycles. The van der Waals surface area contributed by atoms with Crippen LogP contribution in [-0.2, 0) is 14.3 Å². The second-order valence-electron chi connectivity index (χ2n) is 8.16. The number of methoxy groups -OCH3 is 3. The molecular formula is C22H26BrNO5. The van der Waals surface area contributed by atoms with Crippen molar-refractivity contribution in [3.8, 4) is 11.5 Å². The van der Waals surface area contributed by atoms with E-state index in [4.69, 9.17) is 14.2 Å². The van der Waals surface area contributed by atoms with Gasteiger partial charge in [0, 0.05) is 29.3 Å². The van der Waals surface area contributed by atoms with Gasteiger partial charge in [0.1, 0.15) is 0 Å². The number of hydrogen-bond donors (Lipinski definition) is 1. The van der Waals surface area contributed by atoms with Gasteiger partial charge in [0.15, 0.2) is 17.3 Å². The summed E-state index contributed by atoms with van der Waals surface area (Å²) in [6.07, 6.45) is 1.15. The van der Waals surface area contributed by atoms with Crippen molar-refractivity contribution in [3.63, 3.8) is 0 Å². The molecule has 1 aromatic rings. The lowest BCUT2D eigenvalue weighted by molar-refractivity contribution is -0.136. The van der Waals surface area contributed by atoms with Crippen molar-refractivity contribution in [2.75, 3.05) is 21.3 Å². The normalized spacial score (nSPS) is 20.8. The van der Waals surface area contributed by atoms with E-state index in [0.29, 0.717) is 39.2 Å². The Kier molecular flexibility index (Phi) is 5.81. The number of allylic oxidation sites excluding steroid dienone is 3. The van der Waals surface area contributed by atoms with Crippen LogP contribution in [0.4, 0.5) is 0 Å². The van der Waals surface area contributed by atoms with Crippen LogP contribution in [-0.4, -0.2) is 33.1 Å². The van der Waals surface area contributed by atoms with Crippen LogP contribution < -0.4 is 14.8 Å². The molecule has 0 spiro atoms. The number of ether oxygens (including phenoxy) is 3. The summed E-state index contributed by atoms with van der Waals surface area (Å²) in [5.41, 5.74) is 3.22. The number of benzene rings is 1. The molecule has 0 radical (unpaired) electrons. The molecule has 1 atom stereocenters. The molecule has 1 N–H and O–H groups in total. The molecule has 0 bridgehead atoms. The third-order valence-electron chi connectivity index (χ3n) is 5.43. The summed E-state index contributed by atoms with van der Waals surface area (Å²) >= 11 is 3.52. The first kappa shape index (κ1) is 21.4. The fourth-order valence-corrected chi connectivity index (χ4v) is 4.88. The first-order chi connectivity index (χ1) is 13.6. The summed E-state index contributed by atoms with van der Waals surface area (Å²) < 4.78 is 16.6. The fourth-order valence-electron chi connectivity index (χ4n) is 4.25. The van der Waals surface area contributed by atoms with E-state index in [9.17, 15) is 9.59 Å². The second kappa shape index (κ2) is 7.86. The lowest BCUT2D eigenvalue weighted by Crippen LogP contribution is -2.38. The highest BCUT2D eigenvalue weighted by atomic mass is 79.9. The lowest BCUT2D eigenvalue weighted by Gasteiger charge is -2.39. The number of ketones is 1. The third-order valence-corrected chi connectivity index (χ3v) is 6.02. The van der Waals surface area contributed by atoms with Crippen LogP contribution in [0.25, 0.3) is 0 Å². The van der Waals surface area contributed by atoms with Crippen molar-refractivity contribution in [2.24, 2.45) is 5.41 Å². The highest BCUT2D eigenvalue weighted by molar-refractivity contribution is 9.10. The minimum Gasteiger partial charge on any atom is -0.493 e. The maximum Gasteiger partial charge on any atom is 0.336 e. The average Bonchev–Trinajstić information content (AvgIpc) is 2.64. The van der Waals surface area contributed by atoms with E-state index < -0.39 is 11.9 Å². The molecule has 0 unspecified atom stereocenters. The van der Waals surface area contributed by atoms with E-state index >= 15 is 0 Å². The molecule has 0 amide bonds. The van der Waals surface area contributed by atoms with Gasteiger partial charge in [0.25, 0.3) is 0 Å². The highest BCUT2D eigenvalue weighted by Gasteiger charge is 2.43. The van der Waals surface area contributed by atoms with Gasteiger partial charge in [-0.05, 0) is 52.4 Å². The van der Waals surface area contributed by atoms with Crippen LogP contribution in [0.1, 0.15) is 45.1 Å². The zero-order valence-electron chi connectivity index (χ0n) is 17.6.